The number of pyridine rings is 1. The quantitative estimate of drug-likeness (QED) is 0.653. The number of hydrogen-bond donors (Lipinski definition) is 2. The molecule has 0 unspecified atom stereocenters. The third-order valence-electron chi connectivity index (χ3n) is 4.69. The number of rotatable bonds is 4. The van der Waals surface area contributed by atoms with Crippen molar-refractivity contribution in [2.24, 2.45) is 0 Å². The van der Waals surface area contributed by atoms with Gasteiger partial charge in [0.05, 0.1) is 11.2 Å². The van der Waals surface area contributed by atoms with Crippen LogP contribution >= 0.6 is 11.6 Å². The van der Waals surface area contributed by atoms with Gasteiger partial charge in [-0.1, -0.05) is 23.7 Å². The monoisotopic (exact) mass is 353 g/mol. The molecule has 1 aliphatic heterocycles. The lowest BCUT2D eigenvalue weighted by molar-refractivity contribution is 0.324. The maximum absolute atomic E-state index is 10.7. The predicted molar refractivity (Wildman–Crippen MR) is 103 cm³/mol. The number of aromatic hydroxyl groups is 1. The van der Waals surface area contributed by atoms with Gasteiger partial charge < -0.3 is 10.4 Å². The number of nitrogens with zero attached hydrogens (tertiary/aromatic N) is 2. The maximum atomic E-state index is 10.7. The molecule has 0 amide bonds. The summed E-state index contributed by atoms with van der Waals surface area (Å²) in [6.07, 6.45) is 4.22. The lowest BCUT2D eigenvalue weighted by atomic mass is 10.1. The number of benzene rings is 2. The Balaban J connectivity index is 1.65. The molecule has 1 saturated heterocycles. The largest absolute Gasteiger partial charge is 0.505 e. The molecule has 0 radical (unpaired) electrons. The second-order valence-electron chi connectivity index (χ2n) is 6.44. The molecule has 1 aliphatic rings. The van der Waals surface area contributed by atoms with Crippen LogP contribution in [0, 0.1) is 0 Å². The summed E-state index contributed by atoms with van der Waals surface area (Å²) in [6.45, 7) is 2.99. The first-order valence-electron chi connectivity index (χ1n) is 8.55. The van der Waals surface area contributed by atoms with Crippen molar-refractivity contribution in [1.29, 1.82) is 0 Å². The average molecular weight is 354 g/mol. The molecule has 128 valence electrons. The van der Waals surface area contributed by atoms with Crippen LogP contribution < -0.4 is 5.32 Å². The zero-order valence-electron chi connectivity index (χ0n) is 13.9. The number of fused-ring (bicyclic) bond motifs is 1. The Bertz CT molecular complexity index is 907. The summed E-state index contributed by atoms with van der Waals surface area (Å²) in [5, 5.41) is 15.7. The van der Waals surface area contributed by atoms with Gasteiger partial charge in [-0.25, -0.2) is 0 Å². The van der Waals surface area contributed by atoms with E-state index >= 15 is 0 Å². The minimum Gasteiger partial charge on any atom is -0.505 e. The van der Waals surface area contributed by atoms with Crippen LogP contribution in [0.2, 0.25) is 5.02 Å². The van der Waals surface area contributed by atoms with Crippen molar-refractivity contribution < 1.29 is 5.11 Å². The van der Waals surface area contributed by atoms with Gasteiger partial charge in [-0.15, -0.1) is 0 Å². The summed E-state index contributed by atoms with van der Waals surface area (Å²) >= 11 is 6.05. The van der Waals surface area contributed by atoms with Gasteiger partial charge in [0.1, 0.15) is 5.75 Å². The molecule has 1 fully saturated rings. The van der Waals surface area contributed by atoms with Crippen LogP contribution in [-0.4, -0.2) is 28.1 Å². The second kappa shape index (κ2) is 6.90. The summed E-state index contributed by atoms with van der Waals surface area (Å²) < 4.78 is 0. The normalized spacial score (nSPS) is 14.9. The first-order chi connectivity index (χ1) is 12.2. The standard InChI is InChI=1S/C20H20ClN3O/c21-15-6-7-16-17(8-9-22-19(16)12-15)23-18-5-3-4-14(20(18)25)13-24-10-1-2-11-24/h3-9,12,25H,1-2,10-11,13H2,(H,22,23). The second-order valence-corrected chi connectivity index (χ2v) is 6.88. The SMILES string of the molecule is Oc1c(CN2CCCC2)cccc1Nc1ccnc2cc(Cl)ccc12. The summed E-state index contributed by atoms with van der Waals surface area (Å²) in [5.41, 5.74) is 3.38. The van der Waals surface area contributed by atoms with Crippen LogP contribution in [0.5, 0.6) is 5.75 Å². The van der Waals surface area contributed by atoms with Crippen molar-refractivity contribution >= 4 is 33.9 Å². The van der Waals surface area contributed by atoms with E-state index in [1.807, 2.05) is 42.5 Å². The minimum atomic E-state index is 0.313. The van der Waals surface area contributed by atoms with Crippen molar-refractivity contribution in [1.82, 2.24) is 9.88 Å². The van der Waals surface area contributed by atoms with Crippen molar-refractivity contribution in [3.8, 4) is 5.75 Å². The van der Waals surface area contributed by atoms with Gasteiger partial charge >= 0.3 is 0 Å². The minimum absolute atomic E-state index is 0.313. The smallest absolute Gasteiger partial charge is 0.143 e. The van der Waals surface area contributed by atoms with Gasteiger partial charge in [0.2, 0.25) is 0 Å². The van der Waals surface area contributed by atoms with E-state index in [1.165, 1.54) is 12.8 Å². The number of phenols is 1. The highest BCUT2D eigenvalue weighted by Crippen LogP contribution is 2.34. The van der Waals surface area contributed by atoms with E-state index in [0.717, 1.165) is 41.8 Å². The third-order valence-corrected chi connectivity index (χ3v) is 4.92. The molecule has 4 rings (SSSR count). The van der Waals surface area contributed by atoms with Gasteiger partial charge in [0, 0.05) is 34.4 Å². The lowest BCUT2D eigenvalue weighted by Gasteiger charge is -2.18. The van der Waals surface area contributed by atoms with Crippen LogP contribution in [-0.2, 0) is 6.54 Å². The summed E-state index contributed by atoms with van der Waals surface area (Å²) in [4.78, 5) is 6.74. The van der Waals surface area contributed by atoms with E-state index in [0.29, 0.717) is 16.5 Å². The number of anilines is 2. The molecule has 0 saturated carbocycles. The Morgan fingerprint density at radius 2 is 1.92 bits per heavy atom. The van der Waals surface area contributed by atoms with Crippen molar-refractivity contribution in [2.45, 2.75) is 19.4 Å². The lowest BCUT2D eigenvalue weighted by Crippen LogP contribution is -2.18. The Labute approximate surface area is 152 Å². The van der Waals surface area contributed by atoms with E-state index in [4.69, 9.17) is 11.6 Å². The number of hydrogen-bond acceptors (Lipinski definition) is 4. The molecule has 0 atom stereocenters. The molecule has 5 heteroatoms. The van der Waals surface area contributed by atoms with Gasteiger partial charge in [0.15, 0.2) is 0 Å². The van der Waals surface area contributed by atoms with Crippen molar-refractivity contribution in [3.63, 3.8) is 0 Å². The Morgan fingerprint density at radius 1 is 1.08 bits per heavy atom. The molecule has 0 aliphatic carbocycles. The van der Waals surface area contributed by atoms with E-state index in [1.54, 1.807) is 6.20 Å². The molecule has 4 nitrogen and oxygen atoms in total. The highest BCUT2D eigenvalue weighted by Gasteiger charge is 2.15. The fraction of sp³-hybridized carbons (Fsp3) is 0.250. The van der Waals surface area contributed by atoms with E-state index in [2.05, 4.69) is 15.2 Å². The predicted octanol–water partition coefficient (Wildman–Crippen LogP) is 4.93. The summed E-state index contributed by atoms with van der Waals surface area (Å²) in [7, 11) is 0. The Hall–Kier alpha value is -2.30. The maximum Gasteiger partial charge on any atom is 0.143 e. The third kappa shape index (κ3) is 3.41. The van der Waals surface area contributed by atoms with Gasteiger partial charge in [-0.3, -0.25) is 9.88 Å². The van der Waals surface area contributed by atoms with Crippen LogP contribution in [0.4, 0.5) is 11.4 Å². The molecule has 0 spiro atoms. The molecule has 2 heterocycles. The van der Waals surface area contributed by atoms with Gasteiger partial charge in [0.25, 0.3) is 0 Å². The molecule has 3 aromatic rings. The van der Waals surface area contributed by atoms with Crippen molar-refractivity contribution in [2.75, 3.05) is 18.4 Å². The molecule has 1 aromatic heterocycles. The molecule has 2 aromatic carbocycles. The van der Waals surface area contributed by atoms with Gasteiger partial charge in [-0.2, -0.15) is 0 Å². The highest BCUT2D eigenvalue weighted by molar-refractivity contribution is 6.31. The summed E-state index contributed by atoms with van der Waals surface area (Å²) in [6, 6.07) is 13.4. The molecular formula is C20H20ClN3O. The molecule has 0 bridgehead atoms. The molecular weight excluding hydrogens is 334 g/mol. The van der Waals surface area contributed by atoms with E-state index in [9.17, 15) is 5.11 Å². The van der Waals surface area contributed by atoms with E-state index in [-0.39, 0.29) is 0 Å². The van der Waals surface area contributed by atoms with Crippen LogP contribution in [0.3, 0.4) is 0 Å². The van der Waals surface area contributed by atoms with Crippen LogP contribution in [0.1, 0.15) is 18.4 Å². The average Bonchev–Trinajstić information content (AvgIpc) is 3.11. The van der Waals surface area contributed by atoms with Crippen LogP contribution in [0.25, 0.3) is 10.9 Å². The molecule has 25 heavy (non-hydrogen) atoms. The number of nitrogens with one attached hydrogen (secondary N) is 1. The fourth-order valence-corrected chi connectivity index (χ4v) is 3.54. The molecule has 2 N–H and O–H groups in total. The number of halogens is 1. The van der Waals surface area contributed by atoms with Crippen LogP contribution in [0.15, 0.2) is 48.7 Å². The van der Waals surface area contributed by atoms with Crippen molar-refractivity contribution in [3.05, 3.63) is 59.2 Å². The number of phenolic OH excluding ortho intramolecular Hbond substituents is 1. The first kappa shape index (κ1) is 16.2. The Morgan fingerprint density at radius 3 is 2.76 bits per heavy atom. The summed E-state index contributed by atoms with van der Waals surface area (Å²) in [5.74, 6) is 0.313. The zero-order chi connectivity index (χ0) is 17.2. The zero-order valence-corrected chi connectivity index (χ0v) is 14.6. The Kier molecular flexibility index (Phi) is 4.47. The number of likely N-dealkylation sites (tertiary alicyclic amines) is 1. The van der Waals surface area contributed by atoms with Gasteiger partial charge in [-0.05, 0) is 56.3 Å². The number of para-hydroxylation sites is 1. The fourth-order valence-electron chi connectivity index (χ4n) is 3.38. The number of aromatic nitrogens is 1. The topological polar surface area (TPSA) is 48.4 Å². The van der Waals surface area contributed by atoms with E-state index < -0.39 is 0 Å². The first-order valence-corrected chi connectivity index (χ1v) is 8.93. The highest BCUT2D eigenvalue weighted by atomic mass is 35.5.